The van der Waals surface area contributed by atoms with Gasteiger partial charge >= 0.3 is 0 Å². The second-order valence-corrected chi connectivity index (χ2v) is 5.34. The first kappa shape index (κ1) is 14.9. The number of carbonyl (C=O) groups excluding carboxylic acids is 1. The summed E-state index contributed by atoms with van der Waals surface area (Å²) in [4.78, 5) is 12.2. The molecule has 1 saturated heterocycles. The third-order valence-electron chi connectivity index (χ3n) is 3.53. The number of halogens is 3. The van der Waals surface area contributed by atoms with Crippen molar-refractivity contribution >= 4 is 17.5 Å². The number of hydrogen-bond donors (Lipinski definition) is 2. The molecular formula is C13H12ClF2N5O. The average Bonchev–Trinajstić information content (AvgIpc) is 3.13. The Labute approximate surface area is 129 Å². The van der Waals surface area contributed by atoms with E-state index >= 15 is 0 Å². The number of nitrogens with one attached hydrogen (secondary N) is 2. The second kappa shape index (κ2) is 5.98. The van der Waals surface area contributed by atoms with E-state index in [0.717, 1.165) is 12.1 Å². The summed E-state index contributed by atoms with van der Waals surface area (Å²) < 4.78 is 28.0. The summed E-state index contributed by atoms with van der Waals surface area (Å²) in [5.74, 6) is -2.78. The molecular weight excluding hydrogens is 316 g/mol. The maximum atomic E-state index is 13.3. The third kappa shape index (κ3) is 2.79. The van der Waals surface area contributed by atoms with Gasteiger partial charge in [0, 0.05) is 19.3 Å². The summed E-state index contributed by atoms with van der Waals surface area (Å²) in [6, 6.07) is 1.20. The lowest BCUT2D eigenvalue weighted by Crippen LogP contribution is -2.41. The summed E-state index contributed by atoms with van der Waals surface area (Å²) in [6.07, 6.45) is 3.24. The van der Waals surface area contributed by atoms with Gasteiger partial charge in [-0.25, -0.2) is 13.5 Å². The molecule has 22 heavy (non-hydrogen) atoms. The SMILES string of the molecule is O=C(N[C@@H]1CNC[C@@H]1n1ccnn1)c1cc(F)c(F)cc1Cl. The highest BCUT2D eigenvalue weighted by atomic mass is 35.5. The lowest BCUT2D eigenvalue weighted by Gasteiger charge is -2.20. The van der Waals surface area contributed by atoms with E-state index in [1.54, 1.807) is 17.1 Å². The molecule has 1 fully saturated rings. The maximum Gasteiger partial charge on any atom is 0.253 e. The van der Waals surface area contributed by atoms with Gasteiger partial charge in [-0.1, -0.05) is 16.8 Å². The molecule has 0 spiro atoms. The molecule has 9 heteroatoms. The van der Waals surface area contributed by atoms with E-state index in [2.05, 4.69) is 20.9 Å². The van der Waals surface area contributed by atoms with Crippen molar-refractivity contribution in [2.45, 2.75) is 12.1 Å². The van der Waals surface area contributed by atoms with Crippen molar-refractivity contribution in [3.05, 3.63) is 46.7 Å². The maximum absolute atomic E-state index is 13.3. The lowest BCUT2D eigenvalue weighted by atomic mass is 10.1. The third-order valence-corrected chi connectivity index (χ3v) is 3.85. The fourth-order valence-electron chi connectivity index (χ4n) is 2.43. The molecule has 6 nitrogen and oxygen atoms in total. The Balaban J connectivity index is 1.78. The molecule has 2 aromatic rings. The zero-order chi connectivity index (χ0) is 15.7. The van der Waals surface area contributed by atoms with Crippen LogP contribution in [-0.4, -0.2) is 40.0 Å². The number of hydrogen-bond acceptors (Lipinski definition) is 4. The minimum Gasteiger partial charge on any atom is -0.346 e. The van der Waals surface area contributed by atoms with Gasteiger partial charge in [0.25, 0.3) is 5.91 Å². The first-order chi connectivity index (χ1) is 10.6. The van der Waals surface area contributed by atoms with Crippen molar-refractivity contribution in [3.63, 3.8) is 0 Å². The van der Waals surface area contributed by atoms with Gasteiger partial charge in [-0.3, -0.25) is 4.79 Å². The van der Waals surface area contributed by atoms with E-state index in [1.807, 2.05) is 0 Å². The van der Waals surface area contributed by atoms with Crippen LogP contribution in [0.1, 0.15) is 16.4 Å². The predicted octanol–water partition coefficient (Wildman–Crippen LogP) is 1.15. The van der Waals surface area contributed by atoms with Crippen LogP contribution in [0.2, 0.25) is 5.02 Å². The summed E-state index contributed by atoms with van der Waals surface area (Å²) in [5.41, 5.74) is -0.107. The largest absolute Gasteiger partial charge is 0.346 e. The van der Waals surface area contributed by atoms with Gasteiger partial charge in [0.15, 0.2) is 11.6 Å². The number of nitrogens with zero attached hydrogens (tertiary/aromatic N) is 3. The molecule has 0 radical (unpaired) electrons. The van der Waals surface area contributed by atoms with Crippen molar-refractivity contribution in [1.29, 1.82) is 0 Å². The van der Waals surface area contributed by atoms with Crippen LogP contribution in [0.3, 0.4) is 0 Å². The fourth-order valence-corrected chi connectivity index (χ4v) is 2.66. The summed E-state index contributed by atoms with van der Waals surface area (Å²) >= 11 is 5.81. The van der Waals surface area contributed by atoms with Crippen molar-refractivity contribution in [2.24, 2.45) is 0 Å². The molecule has 1 aliphatic heterocycles. The summed E-state index contributed by atoms with van der Waals surface area (Å²) in [5, 5.41) is 13.4. The van der Waals surface area contributed by atoms with E-state index in [0.29, 0.717) is 13.1 Å². The van der Waals surface area contributed by atoms with E-state index in [-0.39, 0.29) is 22.7 Å². The van der Waals surface area contributed by atoms with Crippen molar-refractivity contribution in [3.8, 4) is 0 Å². The highest BCUT2D eigenvalue weighted by Gasteiger charge is 2.31. The van der Waals surface area contributed by atoms with Gasteiger partial charge in [0.2, 0.25) is 0 Å². The van der Waals surface area contributed by atoms with Crippen LogP contribution < -0.4 is 10.6 Å². The van der Waals surface area contributed by atoms with E-state index < -0.39 is 17.5 Å². The Morgan fingerprint density at radius 3 is 2.86 bits per heavy atom. The number of benzene rings is 1. The minimum atomic E-state index is -1.12. The van der Waals surface area contributed by atoms with Gasteiger partial charge in [0.1, 0.15) is 0 Å². The predicted molar refractivity (Wildman–Crippen MR) is 74.6 cm³/mol. The zero-order valence-electron chi connectivity index (χ0n) is 11.3. The van der Waals surface area contributed by atoms with Crippen LogP contribution in [-0.2, 0) is 0 Å². The van der Waals surface area contributed by atoms with Crippen LogP contribution in [0.5, 0.6) is 0 Å². The number of aromatic nitrogens is 3. The minimum absolute atomic E-state index is 0.107. The Bertz CT molecular complexity index is 694. The van der Waals surface area contributed by atoms with Crippen LogP contribution >= 0.6 is 11.6 Å². The lowest BCUT2D eigenvalue weighted by molar-refractivity contribution is 0.0930. The monoisotopic (exact) mass is 327 g/mol. The van der Waals surface area contributed by atoms with Crippen molar-refractivity contribution in [2.75, 3.05) is 13.1 Å². The topological polar surface area (TPSA) is 71.8 Å². The Kier molecular flexibility index (Phi) is 4.04. The molecule has 2 N–H and O–H groups in total. The van der Waals surface area contributed by atoms with Crippen LogP contribution in [0.25, 0.3) is 0 Å². The Morgan fingerprint density at radius 1 is 1.36 bits per heavy atom. The molecule has 0 aliphatic carbocycles. The van der Waals surface area contributed by atoms with Gasteiger partial charge in [-0.15, -0.1) is 5.10 Å². The first-order valence-electron chi connectivity index (χ1n) is 6.58. The molecule has 1 aromatic carbocycles. The number of amides is 1. The van der Waals surface area contributed by atoms with Crippen LogP contribution in [0.4, 0.5) is 8.78 Å². The molecule has 1 aliphatic rings. The van der Waals surface area contributed by atoms with Crippen molar-refractivity contribution < 1.29 is 13.6 Å². The molecule has 1 amide bonds. The molecule has 2 atom stereocenters. The summed E-state index contributed by atoms with van der Waals surface area (Å²) in [6.45, 7) is 1.14. The van der Waals surface area contributed by atoms with E-state index in [1.165, 1.54) is 0 Å². The zero-order valence-corrected chi connectivity index (χ0v) is 12.0. The standard InChI is InChI=1S/C13H12ClF2N5O/c14-8-4-10(16)9(15)3-7(8)13(22)19-11-5-17-6-12(11)21-2-1-18-20-21/h1-4,11-12,17H,5-6H2,(H,19,22)/t11-,12+/m1/s1. The molecule has 1 aromatic heterocycles. The normalized spacial score (nSPS) is 21.0. The van der Waals surface area contributed by atoms with Gasteiger partial charge < -0.3 is 10.6 Å². The first-order valence-corrected chi connectivity index (χ1v) is 6.96. The summed E-state index contributed by atoms with van der Waals surface area (Å²) in [7, 11) is 0. The highest BCUT2D eigenvalue weighted by molar-refractivity contribution is 6.33. The molecule has 3 rings (SSSR count). The van der Waals surface area contributed by atoms with Gasteiger partial charge in [0.05, 0.1) is 28.9 Å². The molecule has 116 valence electrons. The van der Waals surface area contributed by atoms with E-state index in [4.69, 9.17) is 11.6 Å². The highest BCUT2D eigenvalue weighted by Crippen LogP contribution is 2.21. The van der Waals surface area contributed by atoms with Crippen LogP contribution in [0.15, 0.2) is 24.5 Å². The Hall–Kier alpha value is -2.06. The Morgan fingerprint density at radius 2 is 2.14 bits per heavy atom. The molecule has 0 saturated carbocycles. The average molecular weight is 328 g/mol. The van der Waals surface area contributed by atoms with Crippen molar-refractivity contribution in [1.82, 2.24) is 25.6 Å². The quantitative estimate of drug-likeness (QED) is 0.830. The second-order valence-electron chi connectivity index (χ2n) is 4.93. The van der Waals surface area contributed by atoms with E-state index in [9.17, 15) is 13.6 Å². The van der Waals surface area contributed by atoms with Gasteiger partial charge in [-0.2, -0.15) is 0 Å². The number of rotatable bonds is 3. The fraction of sp³-hybridized carbons (Fsp3) is 0.308. The smallest absolute Gasteiger partial charge is 0.253 e. The molecule has 2 heterocycles. The molecule has 0 bridgehead atoms. The van der Waals surface area contributed by atoms with Gasteiger partial charge in [-0.05, 0) is 12.1 Å². The number of carbonyl (C=O) groups is 1. The van der Waals surface area contributed by atoms with Crippen LogP contribution in [0, 0.1) is 11.6 Å². The molecule has 0 unspecified atom stereocenters.